The third kappa shape index (κ3) is 2.01. The fourth-order valence-corrected chi connectivity index (χ4v) is 2.19. The number of carbonyl (C=O) groups excluding carboxylic acids is 1. The summed E-state index contributed by atoms with van der Waals surface area (Å²) < 4.78 is 0. The number of nitrogens with zero attached hydrogens (tertiary/aromatic N) is 3. The van der Waals surface area contributed by atoms with Crippen LogP contribution in [0.25, 0.3) is 0 Å². The van der Waals surface area contributed by atoms with E-state index in [9.17, 15) is 4.79 Å². The van der Waals surface area contributed by atoms with Gasteiger partial charge in [-0.15, -0.1) is 0 Å². The molecule has 88 valence electrons. The molecule has 1 amide bonds. The smallest absolute Gasteiger partial charge is 0.224 e. The Morgan fingerprint density at radius 1 is 1.59 bits per heavy atom. The van der Waals surface area contributed by atoms with Crippen LogP contribution >= 0.6 is 0 Å². The van der Waals surface area contributed by atoms with Crippen LogP contribution in [-0.2, 0) is 11.3 Å². The van der Waals surface area contributed by atoms with Crippen LogP contribution in [0.4, 0.5) is 0 Å². The highest BCUT2D eigenvalue weighted by Crippen LogP contribution is 2.35. The largest absolute Gasteiger partial charge is 0.330 e. The number of rotatable bonds is 2. The lowest BCUT2D eigenvalue weighted by Crippen LogP contribution is -2.43. The van der Waals surface area contributed by atoms with Crippen LogP contribution in [0.2, 0.25) is 0 Å². The molecule has 1 fully saturated rings. The van der Waals surface area contributed by atoms with Gasteiger partial charge in [-0.2, -0.15) is 5.26 Å². The van der Waals surface area contributed by atoms with Gasteiger partial charge in [-0.05, 0) is 26.0 Å². The fraction of sp³-hybridized carbons (Fsp3) is 0.462. The molecule has 17 heavy (non-hydrogen) atoms. The molecule has 1 aliphatic heterocycles. The number of pyridine rings is 1. The average Bonchev–Trinajstić information content (AvgIpc) is 2.53. The summed E-state index contributed by atoms with van der Waals surface area (Å²) in [6, 6.07) is 7.86. The highest BCUT2D eigenvalue weighted by molar-refractivity contribution is 5.80. The molecule has 0 aliphatic carbocycles. The van der Waals surface area contributed by atoms with Crippen molar-refractivity contribution < 1.29 is 4.79 Å². The summed E-state index contributed by atoms with van der Waals surface area (Å²) in [6.45, 7) is 4.36. The molecule has 0 spiro atoms. The van der Waals surface area contributed by atoms with E-state index in [1.807, 2.05) is 32.0 Å². The van der Waals surface area contributed by atoms with Crippen molar-refractivity contribution in [3.05, 3.63) is 30.1 Å². The maximum Gasteiger partial charge on any atom is 0.224 e. The number of aromatic nitrogens is 1. The molecule has 1 unspecified atom stereocenters. The predicted octanol–water partition coefficient (Wildman–Crippen LogP) is 1.73. The Labute approximate surface area is 101 Å². The lowest BCUT2D eigenvalue weighted by molar-refractivity contribution is -0.131. The molecule has 0 radical (unpaired) electrons. The van der Waals surface area contributed by atoms with Gasteiger partial charge in [-0.1, -0.05) is 6.07 Å². The van der Waals surface area contributed by atoms with Crippen molar-refractivity contribution in [3.8, 4) is 6.07 Å². The van der Waals surface area contributed by atoms with Gasteiger partial charge in [0.25, 0.3) is 0 Å². The van der Waals surface area contributed by atoms with E-state index in [1.54, 1.807) is 11.1 Å². The lowest BCUT2D eigenvalue weighted by Gasteiger charge is -2.33. The monoisotopic (exact) mass is 229 g/mol. The zero-order valence-electron chi connectivity index (χ0n) is 10.1. The standard InChI is InChI=1S/C13H15N3O/c1-13(2)10(8-14)7-12(17)16(13)9-11-5-3-4-6-15-11/h3-6,10H,7,9H2,1-2H3. The Kier molecular flexibility index (Phi) is 2.84. The molecule has 2 heterocycles. The molecule has 0 saturated carbocycles. The van der Waals surface area contributed by atoms with Crippen molar-refractivity contribution in [2.75, 3.05) is 0 Å². The summed E-state index contributed by atoms with van der Waals surface area (Å²) in [5, 5.41) is 9.06. The second kappa shape index (κ2) is 4.17. The zero-order chi connectivity index (χ0) is 12.5. The molecule has 2 rings (SSSR count). The Morgan fingerprint density at radius 3 is 2.88 bits per heavy atom. The number of hydrogen-bond acceptors (Lipinski definition) is 3. The van der Waals surface area contributed by atoms with Gasteiger partial charge in [-0.25, -0.2) is 0 Å². The van der Waals surface area contributed by atoms with E-state index < -0.39 is 5.54 Å². The Morgan fingerprint density at radius 2 is 2.35 bits per heavy atom. The first-order valence-corrected chi connectivity index (χ1v) is 5.65. The molecule has 1 aliphatic rings. The van der Waals surface area contributed by atoms with Crippen molar-refractivity contribution in [3.63, 3.8) is 0 Å². The first-order chi connectivity index (χ1) is 8.05. The first-order valence-electron chi connectivity index (χ1n) is 5.65. The molecule has 4 nitrogen and oxygen atoms in total. The van der Waals surface area contributed by atoms with Crippen molar-refractivity contribution >= 4 is 5.91 Å². The summed E-state index contributed by atoms with van der Waals surface area (Å²) in [6.07, 6.45) is 2.03. The first kappa shape index (κ1) is 11.6. The van der Waals surface area contributed by atoms with Crippen LogP contribution < -0.4 is 0 Å². The van der Waals surface area contributed by atoms with Crippen molar-refractivity contribution in [1.82, 2.24) is 9.88 Å². The molecule has 1 atom stereocenters. The number of likely N-dealkylation sites (tertiary alicyclic amines) is 1. The molecule has 0 bridgehead atoms. The summed E-state index contributed by atoms with van der Waals surface area (Å²) >= 11 is 0. The van der Waals surface area contributed by atoms with Crippen molar-refractivity contribution in [1.29, 1.82) is 5.26 Å². The van der Waals surface area contributed by atoms with Crippen molar-refractivity contribution in [2.24, 2.45) is 5.92 Å². The van der Waals surface area contributed by atoms with E-state index in [0.717, 1.165) is 5.69 Å². The minimum Gasteiger partial charge on any atom is -0.330 e. The molecule has 0 N–H and O–H groups in total. The molecule has 1 aromatic heterocycles. The Balaban J connectivity index is 2.22. The lowest BCUT2D eigenvalue weighted by atomic mass is 9.90. The van der Waals surface area contributed by atoms with E-state index >= 15 is 0 Å². The molecule has 1 aromatic rings. The number of hydrogen-bond donors (Lipinski definition) is 0. The van der Waals surface area contributed by atoms with Gasteiger partial charge in [0.1, 0.15) is 0 Å². The minimum atomic E-state index is -0.413. The highest BCUT2D eigenvalue weighted by Gasteiger charge is 2.46. The van der Waals surface area contributed by atoms with Gasteiger partial charge < -0.3 is 4.90 Å². The zero-order valence-corrected chi connectivity index (χ0v) is 10.1. The highest BCUT2D eigenvalue weighted by atomic mass is 16.2. The van der Waals surface area contributed by atoms with Crippen LogP contribution in [0, 0.1) is 17.2 Å². The Bertz CT molecular complexity index is 461. The number of amides is 1. The molecular formula is C13H15N3O. The normalized spacial score (nSPS) is 22.5. The van der Waals surface area contributed by atoms with Crippen LogP contribution in [0.15, 0.2) is 24.4 Å². The van der Waals surface area contributed by atoms with Gasteiger partial charge in [0.15, 0.2) is 0 Å². The van der Waals surface area contributed by atoms with Gasteiger partial charge in [0.05, 0.1) is 29.8 Å². The van der Waals surface area contributed by atoms with Crippen LogP contribution in [0.3, 0.4) is 0 Å². The summed E-state index contributed by atoms with van der Waals surface area (Å²) in [7, 11) is 0. The maximum absolute atomic E-state index is 11.9. The molecule has 4 heteroatoms. The maximum atomic E-state index is 11.9. The molecule has 1 saturated heterocycles. The Hall–Kier alpha value is -1.89. The molecular weight excluding hydrogens is 214 g/mol. The van der Waals surface area contributed by atoms with Crippen LogP contribution in [-0.4, -0.2) is 21.3 Å². The van der Waals surface area contributed by atoms with Gasteiger partial charge >= 0.3 is 0 Å². The predicted molar refractivity (Wildman–Crippen MR) is 62.6 cm³/mol. The van der Waals surface area contributed by atoms with Gasteiger partial charge in [0.2, 0.25) is 5.91 Å². The topological polar surface area (TPSA) is 57.0 Å². The fourth-order valence-electron chi connectivity index (χ4n) is 2.19. The SMILES string of the molecule is CC1(C)C(C#N)CC(=O)N1Cc1ccccn1. The van der Waals surface area contributed by atoms with Crippen molar-refractivity contribution in [2.45, 2.75) is 32.4 Å². The molecule has 0 aromatic carbocycles. The minimum absolute atomic E-state index is 0.0344. The van der Waals surface area contributed by atoms with Gasteiger partial charge in [0, 0.05) is 12.6 Å². The summed E-state index contributed by atoms with van der Waals surface area (Å²) in [5.74, 6) is -0.203. The summed E-state index contributed by atoms with van der Waals surface area (Å²) in [4.78, 5) is 17.9. The second-order valence-corrected chi connectivity index (χ2v) is 4.84. The van der Waals surface area contributed by atoms with E-state index in [-0.39, 0.29) is 11.8 Å². The average molecular weight is 229 g/mol. The quantitative estimate of drug-likeness (QED) is 0.776. The third-order valence-electron chi connectivity index (χ3n) is 3.43. The van der Waals surface area contributed by atoms with E-state index in [0.29, 0.717) is 13.0 Å². The number of nitriles is 1. The second-order valence-electron chi connectivity index (χ2n) is 4.84. The van der Waals surface area contributed by atoms with E-state index in [2.05, 4.69) is 11.1 Å². The third-order valence-corrected chi connectivity index (χ3v) is 3.43. The van der Waals surface area contributed by atoms with Crippen LogP contribution in [0.1, 0.15) is 26.0 Å². The van der Waals surface area contributed by atoms with Crippen LogP contribution in [0.5, 0.6) is 0 Å². The number of carbonyl (C=O) groups is 1. The summed E-state index contributed by atoms with van der Waals surface area (Å²) in [5.41, 5.74) is 0.441. The van der Waals surface area contributed by atoms with Gasteiger partial charge in [-0.3, -0.25) is 9.78 Å². The van der Waals surface area contributed by atoms with E-state index in [4.69, 9.17) is 5.26 Å². The van der Waals surface area contributed by atoms with E-state index in [1.165, 1.54) is 0 Å².